The molecular weight excluding hydrogens is 290 g/mol. The SMILES string of the molecule is O=[N+]([O-])c1ccc(N2CCN(C[C@H]3C[C@@H]4C=C[C@H]3C4)CC2)cc1. The molecule has 5 heteroatoms. The van der Waals surface area contributed by atoms with E-state index in [9.17, 15) is 10.1 Å². The van der Waals surface area contributed by atoms with Crippen molar-refractivity contribution in [1.82, 2.24) is 4.90 Å². The summed E-state index contributed by atoms with van der Waals surface area (Å²) in [5.74, 6) is 2.54. The van der Waals surface area contributed by atoms with E-state index in [1.165, 1.54) is 19.4 Å². The van der Waals surface area contributed by atoms with Crippen LogP contribution in [0.1, 0.15) is 12.8 Å². The van der Waals surface area contributed by atoms with Gasteiger partial charge < -0.3 is 4.90 Å². The predicted molar refractivity (Wildman–Crippen MR) is 90.6 cm³/mol. The maximum absolute atomic E-state index is 10.7. The Balaban J connectivity index is 1.30. The molecule has 1 aromatic rings. The maximum atomic E-state index is 10.7. The predicted octanol–water partition coefficient (Wildman–Crippen LogP) is 2.93. The molecule has 0 amide bonds. The Kier molecular flexibility index (Phi) is 3.81. The Bertz CT molecular complexity index is 605. The molecule has 3 aliphatic rings. The molecule has 0 spiro atoms. The Morgan fingerprint density at radius 3 is 2.35 bits per heavy atom. The average molecular weight is 313 g/mol. The molecule has 1 aliphatic heterocycles. The van der Waals surface area contributed by atoms with Gasteiger partial charge in [-0.2, -0.15) is 0 Å². The van der Waals surface area contributed by atoms with Crippen LogP contribution in [0.15, 0.2) is 36.4 Å². The van der Waals surface area contributed by atoms with Gasteiger partial charge in [0.2, 0.25) is 0 Å². The molecule has 4 rings (SSSR count). The lowest BCUT2D eigenvalue weighted by atomic mass is 9.93. The number of hydrogen-bond donors (Lipinski definition) is 0. The number of benzene rings is 1. The minimum atomic E-state index is -0.342. The third kappa shape index (κ3) is 2.98. The molecule has 5 nitrogen and oxygen atoms in total. The van der Waals surface area contributed by atoms with E-state index in [-0.39, 0.29) is 10.6 Å². The van der Waals surface area contributed by atoms with Crippen LogP contribution in [-0.2, 0) is 0 Å². The fourth-order valence-electron chi connectivity index (χ4n) is 4.41. The monoisotopic (exact) mass is 313 g/mol. The van der Waals surface area contributed by atoms with Crippen LogP contribution < -0.4 is 4.90 Å². The molecular formula is C18H23N3O2. The summed E-state index contributed by atoms with van der Waals surface area (Å²) < 4.78 is 0. The van der Waals surface area contributed by atoms with Gasteiger partial charge in [0.05, 0.1) is 4.92 Å². The summed E-state index contributed by atoms with van der Waals surface area (Å²) in [6.07, 6.45) is 7.61. The molecule has 1 saturated heterocycles. The van der Waals surface area contributed by atoms with E-state index in [1.54, 1.807) is 12.1 Å². The van der Waals surface area contributed by atoms with E-state index >= 15 is 0 Å². The zero-order valence-electron chi connectivity index (χ0n) is 13.3. The molecule has 0 aromatic heterocycles. The molecule has 1 aromatic carbocycles. The zero-order valence-corrected chi connectivity index (χ0v) is 13.3. The van der Waals surface area contributed by atoms with Gasteiger partial charge in [0.15, 0.2) is 0 Å². The summed E-state index contributed by atoms with van der Waals surface area (Å²) in [6, 6.07) is 6.94. The number of anilines is 1. The molecule has 1 saturated carbocycles. The lowest BCUT2D eigenvalue weighted by molar-refractivity contribution is -0.384. The van der Waals surface area contributed by atoms with Crippen LogP contribution in [0.2, 0.25) is 0 Å². The molecule has 2 aliphatic carbocycles. The highest BCUT2D eigenvalue weighted by atomic mass is 16.6. The van der Waals surface area contributed by atoms with Crippen molar-refractivity contribution in [2.75, 3.05) is 37.6 Å². The third-order valence-electron chi connectivity index (χ3n) is 5.71. The molecule has 2 bridgehead atoms. The number of nitro benzene ring substituents is 1. The van der Waals surface area contributed by atoms with Gasteiger partial charge >= 0.3 is 0 Å². The van der Waals surface area contributed by atoms with Gasteiger partial charge in [-0.3, -0.25) is 15.0 Å². The van der Waals surface area contributed by atoms with Crippen LogP contribution in [0.5, 0.6) is 0 Å². The van der Waals surface area contributed by atoms with Gasteiger partial charge in [0.1, 0.15) is 0 Å². The number of nitrogens with zero attached hydrogens (tertiary/aromatic N) is 3. The number of rotatable bonds is 4. The first-order valence-electron chi connectivity index (χ1n) is 8.59. The van der Waals surface area contributed by atoms with E-state index in [0.29, 0.717) is 0 Å². The lowest BCUT2D eigenvalue weighted by Gasteiger charge is -2.38. The maximum Gasteiger partial charge on any atom is 0.269 e. The van der Waals surface area contributed by atoms with Crippen LogP contribution in [0.25, 0.3) is 0 Å². The Hall–Kier alpha value is -1.88. The molecule has 2 fully saturated rings. The highest BCUT2D eigenvalue weighted by Gasteiger charge is 2.36. The van der Waals surface area contributed by atoms with Gasteiger partial charge in [-0.15, -0.1) is 0 Å². The minimum absolute atomic E-state index is 0.164. The number of non-ortho nitro benzene ring substituents is 1. The molecule has 1 heterocycles. The van der Waals surface area contributed by atoms with Gasteiger partial charge in [0, 0.05) is 50.5 Å². The van der Waals surface area contributed by atoms with Gasteiger partial charge in [-0.1, -0.05) is 12.2 Å². The van der Waals surface area contributed by atoms with Crippen molar-refractivity contribution in [3.63, 3.8) is 0 Å². The van der Waals surface area contributed by atoms with E-state index < -0.39 is 0 Å². The average Bonchev–Trinajstić information content (AvgIpc) is 3.18. The van der Waals surface area contributed by atoms with Crippen LogP contribution in [0.4, 0.5) is 11.4 Å². The van der Waals surface area contributed by atoms with Crippen molar-refractivity contribution in [3.05, 3.63) is 46.5 Å². The third-order valence-corrected chi connectivity index (χ3v) is 5.71. The second-order valence-electron chi connectivity index (χ2n) is 7.10. The summed E-state index contributed by atoms with van der Waals surface area (Å²) in [4.78, 5) is 15.3. The normalized spacial score (nSPS) is 30.1. The fraction of sp³-hybridized carbons (Fsp3) is 0.556. The standard InChI is InChI=1S/C18H23N3O2/c22-21(23)18-5-3-17(4-6-18)20-9-7-19(8-10-20)13-16-12-14-1-2-15(16)11-14/h1-6,14-16H,7-13H2/t14-,15+,16-/m1/s1. The van der Waals surface area contributed by atoms with E-state index in [2.05, 4.69) is 22.0 Å². The Morgan fingerprint density at radius 2 is 1.78 bits per heavy atom. The zero-order chi connectivity index (χ0) is 15.8. The fourth-order valence-corrected chi connectivity index (χ4v) is 4.41. The van der Waals surface area contributed by atoms with Crippen molar-refractivity contribution >= 4 is 11.4 Å². The second kappa shape index (κ2) is 5.96. The number of hydrogen-bond acceptors (Lipinski definition) is 4. The summed E-state index contributed by atoms with van der Waals surface area (Å²) >= 11 is 0. The first-order chi connectivity index (χ1) is 11.2. The summed E-state index contributed by atoms with van der Waals surface area (Å²) in [5.41, 5.74) is 1.26. The Labute approximate surface area is 136 Å². The van der Waals surface area contributed by atoms with Crippen molar-refractivity contribution < 1.29 is 4.92 Å². The van der Waals surface area contributed by atoms with E-state index in [0.717, 1.165) is 49.6 Å². The summed E-state index contributed by atoms with van der Waals surface area (Å²) in [5, 5.41) is 10.7. The highest BCUT2D eigenvalue weighted by Crippen LogP contribution is 2.43. The lowest BCUT2D eigenvalue weighted by Crippen LogP contribution is -2.48. The topological polar surface area (TPSA) is 49.6 Å². The van der Waals surface area contributed by atoms with E-state index in [1.807, 2.05) is 12.1 Å². The van der Waals surface area contributed by atoms with Gasteiger partial charge in [-0.05, 0) is 42.7 Å². The van der Waals surface area contributed by atoms with E-state index in [4.69, 9.17) is 0 Å². The van der Waals surface area contributed by atoms with Crippen LogP contribution in [-0.4, -0.2) is 42.5 Å². The number of allylic oxidation sites excluding steroid dienone is 2. The quantitative estimate of drug-likeness (QED) is 0.487. The Morgan fingerprint density at radius 1 is 1.04 bits per heavy atom. The molecule has 0 unspecified atom stereocenters. The molecule has 0 radical (unpaired) electrons. The molecule has 3 atom stereocenters. The number of fused-ring (bicyclic) bond motifs is 2. The minimum Gasteiger partial charge on any atom is -0.369 e. The van der Waals surface area contributed by atoms with Gasteiger partial charge in [0.25, 0.3) is 5.69 Å². The van der Waals surface area contributed by atoms with Gasteiger partial charge in [-0.25, -0.2) is 0 Å². The number of nitro groups is 1. The molecule has 0 N–H and O–H groups in total. The van der Waals surface area contributed by atoms with Crippen LogP contribution in [0, 0.1) is 27.9 Å². The van der Waals surface area contributed by atoms with Crippen molar-refractivity contribution in [3.8, 4) is 0 Å². The van der Waals surface area contributed by atoms with Crippen LogP contribution in [0.3, 0.4) is 0 Å². The first kappa shape index (κ1) is 14.7. The smallest absolute Gasteiger partial charge is 0.269 e. The molecule has 122 valence electrons. The molecule has 23 heavy (non-hydrogen) atoms. The first-order valence-corrected chi connectivity index (χ1v) is 8.59. The van der Waals surface area contributed by atoms with Crippen molar-refractivity contribution in [1.29, 1.82) is 0 Å². The second-order valence-corrected chi connectivity index (χ2v) is 7.10. The largest absolute Gasteiger partial charge is 0.369 e. The summed E-state index contributed by atoms with van der Waals surface area (Å²) in [7, 11) is 0. The van der Waals surface area contributed by atoms with Crippen molar-refractivity contribution in [2.24, 2.45) is 17.8 Å². The van der Waals surface area contributed by atoms with Crippen molar-refractivity contribution in [2.45, 2.75) is 12.8 Å². The highest BCUT2D eigenvalue weighted by molar-refractivity contribution is 5.51. The number of piperazine rings is 1. The summed E-state index contributed by atoms with van der Waals surface area (Å²) in [6.45, 7) is 5.44. The van der Waals surface area contributed by atoms with Crippen LogP contribution >= 0.6 is 0 Å².